The summed E-state index contributed by atoms with van der Waals surface area (Å²) in [6, 6.07) is 0.168. The second-order valence-electron chi connectivity index (χ2n) is 5.99. The van der Waals surface area contributed by atoms with E-state index in [2.05, 4.69) is 22.2 Å². The standard InChI is InChI=1S/C15H24N4O/c1-9(2)14-17-8-12(16)13(19-14)15(20)18-10(3)11-6-4-5-7-11/h8-11H,4-7,16H2,1-3H3,(H,18,20). The Morgan fingerprint density at radius 1 is 1.35 bits per heavy atom. The molecule has 1 aliphatic carbocycles. The predicted molar refractivity (Wildman–Crippen MR) is 79.4 cm³/mol. The highest BCUT2D eigenvalue weighted by Gasteiger charge is 2.24. The summed E-state index contributed by atoms with van der Waals surface area (Å²) in [5, 5.41) is 3.04. The van der Waals surface area contributed by atoms with E-state index < -0.39 is 0 Å². The molecule has 0 aromatic carbocycles. The van der Waals surface area contributed by atoms with E-state index in [1.54, 1.807) is 0 Å². The Labute approximate surface area is 120 Å². The van der Waals surface area contributed by atoms with Crippen LogP contribution in [0.5, 0.6) is 0 Å². The molecular weight excluding hydrogens is 252 g/mol. The summed E-state index contributed by atoms with van der Waals surface area (Å²) in [5.41, 5.74) is 6.47. The topological polar surface area (TPSA) is 80.9 Å². The zero-order valence-electron chi connectivity index (χ0n) is 12.5. The lowest BCUT2D eigenvalue weighted by atomic mass is 10.00. The number of hydrogen-bond acceptors (Lipinski definition) is 4. The molecule has 1 unspecified atom stereocenters. The molecule has 5 nitrogen and oxygen atoms in total. The minimum absolute atomic E-state index is 0.168. The molecule has 3 N–H and O–H groups in total. The van der Waals surface area contributed by atoms with Gasteiger partial charge in [-0.05, 0) is 25.7 Å². The first kappa shape index (κ1) is 14.8. The molecule has 1 heterocycles. The van der Waals surface area contributed by atoms with Crippen LogP contribution >= 0.6 is 0 Å². The molecule has 0 spiro atoms. The van der Waals surface area contributed by atoms with Crippen LogP contribution in [0.2, 0.25) is 0 Å². The van der Waals surface area contributed by atoms with Gasteiger partial charge in [-0.3, -0.25) is 4.79 Å². The first-order valence-corrected chi connectivity index (χ1v) is 7.42. The molecule has 1 aromatic rings. The summed E-state index contributed by atoms with van der Waals surface area (Å²) in [6.07, 6.45) is 6.43. The SMILES string of the molecule is CC(C)c1ncc(N)c(C(=O)NC(C)C2CCCC2)n1. The molecule has 1 aromatic heterocycles. The molecular formula is C15H24N4O. The van der Waals surface area contributed by atoms with Crippen molar-refractivity contribution in [1.82, 2.24) is 15.3 Å². The molecule has 110 valence electrons. The van der Waals surface area contributed by atoms with Crippen LogP contribution in [0, 0.1) is 5.92 Å². The van der Waals surface area contributed by atoms with Crippen molar-refractivity contribution >= 4 is 11.6 Å². The summed E-state index contributed by atoms with van der Waals surface area (Å²) in [4.78, 5) is 20.8. The van der Waals surface area contributed by atoms with Crippen molar-refractivity contribution in [3.63, 3.8) is 0 Å². The minimum atomic E-state index is -0.189. The number of aromatic nitrogens is 2. The molecule has 0 aliphatic heterocycles. The van der Waals surface area contributed by atoms with Crippen molar-refractivity contribution in [3.8, 4) is 0 Å². The van der Waals surface area contributed by atoms with Gasteiger partial charge >= 0.3 is 0 Å². The number of carbonyl (C=O) groups excluding carboxylic acids is 1. The maximum absolute atomic E-state index is 12.3. The average molecular weight is 276 g/mol. The number of anilines is 1. The molecule has 1 atom stereocenters. The predicted octanol–water partition coefficient (Wildman–Crippen LogP) is 2.49. The van der Waals surface area contributed by atoms with Gasteiger partial charge in [0.1, 0.15) is 5.82 Å². The lowest BCUT2D eigenvalue weighted by molar-refractivity contribution is 0.0922. The van der Waals surface area contributed by atoms with Crippen LogP contribution in [0.15, 0.2) is 6.20 Å². The summed E-state index contributed by atoms with van der Waals surface area (Å²) in [6.45, 7) is 6.05. The number of nitrogens with zero attached hydrogens (tertiary/aromatic N) is 2. The number of nitrogens with two attached hydrogens (primary N) is 1. The number of carbonyl (C=O) groups is 1. The molecule has 2 rings (SSSR count). The molecule has 1 fully saturated rings. The van der Waals surface area contributed by atoms with Gasteiger partial charge in [0.15, 0.2) is 5.69 Å². The Balaban J connectivity index is 2.09. The van der Waals surface area contributed by atoms with Crippen molar-refractivity contribution < 1.29 is 4.79 Å². The number of amides is 1. The van der Waals surface area contributed by atoms with Gasteiger partial charge in [0.05, 0.1) is 11.9 Å². The van der Waals surface area contributed by atoms with Crippen molar-refractivity contribution in [3.05, 3.63) is 17.7 Å². The Hall–Kier alpha value is -1.65. The Kier molecular flexibility index (Phi) is 4.57. The van der Waals surface area contributed by atoms with Crippen LogP contribution in [-0.2, 0) is 0 Å². The van der Waals surface area contributed by atoms with Crippen molar-refractivity contribution in [2.24, 2.45) is 5.92 Å². The number of nitrogens with one attached hydrogen (secondary N) is 1. The Bertz CT molecular complexity index is 481. The normalized spacial score (nSPS) is 17.4. The average Bonchev–Trinajstić information content (AvgIpc) is 2.92. The summed E-state index contributed by atoms with van der Waals surface area (Å²) in [7, 11) is 0. The maximum Gasteiger partial charge on any atom is 0.272 e. The van der Waals surface area contributed by atoms with E-state index in [4.69, 9.17) is 5.73 Å². The van der Waals surface area contributed by atoms with E-state index in [-0.39, 0.29) is 17.9 Å². The highest BCUT2D eigenvalue weighted by atomic mass is 16.2. The molecule has 20 heavy (non-hydrogen) atoms. The summed E-state index contributed by atoms with van der Waals surface area (Å²) >= 11 is 0. The number of nitrogen functional groups attached to an aromatic ring is 1. The number of rotatable bonds is 4. The van der Waals surface area contributed by atoms with E-state index in [0.717, 1.165) is 0 Å². The summed E-state index contributed by atoms with van der Waals surface area (Å²) < 4.78 is 0. The second-order valence-corrected chi connectivity index (χ2v) is 5.99. The molecule has 0 radical (unpaired) electrons. The van der Waals surface area contributed by atoms with Crippen LogP contribution in [0.4, 0.5) is 5.69 Å². The van der Waals surface area contributed by atoms with Gasteiger partial charge in [0.2, 0.25) is 0 Å². The van der Waals surface area contributed by atoms with Gasteiger partial charge in [0.25, 0.3) is 5.91 Å². The lowest BCUT2D eigenvalue weighted by Crippen LogP contribution is -2.38. The van der Waals surface area contributed by atoms with Crippen LogP contribution in [-0.4, -0.2) is 21.9 Å². The van der Waals surface area contributed by atoms with Crippen LogP contribution in [0.25, 0.3) is 0 Å². The zero-order valence-corrected chi connectivity index (χ0v) is 12.5. The first-order valence-electron chi connectivity index (χ1n) is 7.42. The van der Waals surface area contributed by atoms with Gasteiger partial charge in [-0.1, -0.05) is 26.7 Å². The van der Waals surface area contributed by atoms with E-state index in [9.17, 15) is 4.79 Å². The fourth-order valence-corrected chi connectivity index (χ4v) is 2.72. The van der Waals surface area contributed by atoms with E-state index in [0.29, 0.717) is 23.1 Å². The first-order chi connectivity index (χ1) is 9.49. The third kappa shape index (κ3) is 3.26. The van der Waals surface area contributed by atoms with Gasteiger partial charge in [0, 0.05) is 12.0 Å². The summed E-state index contributed by atoms with van der Waals surface area (Å²) in [5.74, 6) is 1.21. The largest absolute Gasteiger partial charge is 0.396 e. The molecule has 1 amide bonds. The van der Waals surface area contributed by atoms with Gasteiger partial charge in [-0.15, -0.1) is 0 Å². The molecule has 0 bridgehead atoms. The minimum Gasteiger partial charge on any atom is -0.396 e. The molecule has 1 aliphatic rings. The van der Waals surface area contributed by atoms with Crippen LogP contribution < -0.4 is 11.1 Å². The monoisotopic (exact) mass is 276 g/mol. The lowest BCUT2D eigenvalue weighted by Gasteiger charge is -2.20. The van der Waals surface area contributed by atoms with Gasteiger partial charge < -0.3 is 11.1 Å². The quantitative estimate of drug-likeness (QED) is 0.885. The molecule has 0 saturated heterocycles. The second kappa shape index (κ2) is 6.20. The highest BCUT2D eigenvalue weighted by Crippen LogP contribution is 2.27. The Morgan fingerprint density at radius 2 is 2.00 bits per heavy atom. The van der Waals surface area contributed by atoms with Gasteiger partial charge in [-0.25, -0.2) is 9.97 Å². The maximum atomic E-state index is 12.3. The van der Waals surface area contributed by atoms with Crippen LogP contribution in [0.3, 0.4) is 0 Å². The molecule has 1 saturated carbocycles. The third-order valence-electron chi connectivity index (χ3n) is 4.03. The zero-order chi connectivity index (χ0) is 14.7. The highest BCUT2D eigenvalue weighted by molar-refractivity contribution is 5.97. The fraction of sp³-hybridized carbons (Fsp3) is 0.667. The van der Waals surface area contributed by atoms with Crippen molar-refractivity contribution in [1.29, 1.82) is 0 Å². The van der Waals surface area contributed by atoms with Crippen LogP contribution in [0.1, 0.15) is 68.7 Å². The van der Waals surface area contributed by atoms with E-state index in [1.807, 2.05) is 13.8 Å². The molecule has 5 heteroatoms. The third-order valence-corrected chi connectivity index (χ3v) is 4.03. The number of hydrogen-bond donors (Lipinski definition) is 2. The fourth-order valence-electron chi connectivity index (χ4n) is 2.72. The van der Waals surface area contributed by atoms with E-state index in [1.165, 1.54) is 31.9 Å². The van der Waals surface area contributed by atoms with E-state index >= 15 is 0 Å². The van der Waals surface area contributed by atoms with Gasteiger partial charge in [-0.2, -0.15) is 0 Å². The van der Waals surface area contributed by atoms with Crippen molar-refractivity contribution in [2.45, 2.75) is 58.4 Å². The smallest absolute Gasteiger partial charge is 0.272 e. The van der Waals surface area contributed by atoms with Crippen molar-refractivity contribution in [2.75, 3.05) is 5.73 Å². The Morgan fingerprint density at radius 3 is 2.60 bits per heavy atom.